The molecule has 1 aliphatic carbocycles. The van der Waals surface area contributed by atoms with Gasteiger partial charge in [-0.3, -0.25) is 24.5 Å². The number of ketones is 1. The molecule has 1 aromatic carbocycles. The van der Waals surface area contributed by atoms with Crippen LogP contribution < -0.4 is 10.1 Å². The summed E-state index contributed by atoms with van der Waals surface area (Å²) in [7, 11) is 0. The molecule has 4 aliphatic heterocycles. The molecular formula is C25H29N3O5. The van der Waals surface area contributed by atoms with Crippen molar-refractivity contribution in [1.82, 2.24) is 15.1 Å². The highest BCUT2D eigenvalue weighted by Crippen LogP contribution is 2.50. The number of fused-ring (bicyclic) bond motifs is 4. The molecule has 1 saturated carbocycles. The van der Waals surface area contributed by atoms with Gasteiger partial charge in [-0.2, -0.15) is 0 Å². The predicted octanol–water partition coefficient (Wildman–Crippen LogP) is 1.69. The quantitative estimate of drug-likeness (QED) is 0.688. The predicted molar refractivity (Wildman–Crippen MR) is 118 cm³/mol. The number of piperidine rings is 2. The van der Waals surface area contributed by atoms with Crippen LogP contribution in [0.1, 0.15) is 72.9 Å². The van der Waals surface area contributed by atoms with Crippen LogP contribution in [0.3, 0.4) is 0 Å². The van der Waals surface area contributed by atoms with Crippen molar-refractivity contribution in [2.75, 3.05) is 19.7 Å². The zero-order chi connectivity index (χ0) is 22.7. The first-order valence-electron chi connectivity index (χ1n) is 12.1. The molecule has 3 amide bonds. The Kier molecular flexibility index (Phi) is 4.83. The number of rotatable bonds is 2. The van der Waals surface area contributed by atoms with E-state index >= 15 is 0 Å². The molecule has 1 N–H and O–H groups in total. The molecule has 3 fully saturated rings. The van der Waals surface area contributed by atoms with Crippen LogP contribution in [0.2, 0.25) is 0 Å². The van der Waals surface area contributed by atoms with Gasteiger partial charge in [0.2, 0.25) is 11.8 Å². The van der Waals surface area contributed by atoms with E-state index in [9.17, 15) is 19.2 Å². The molecule has 1 aromatic rings. The van der Waals surface area contributed by atoms with Crippen molar-refractivity contribution in [3.8, 4) is 5.75 Å². The third kappa shape index (κ3) is 3.29. The highest BCUT2D eigenvalue weighted by molar-refractivity contribution is 6.05. The van der Waals surface area contributed by atoms with Crippen molar-refractivity contribution in [2.45, 2.75) is 75.4 Å². The second-order valence-electron chi connectivity index (χ2n) is 10.2. The molecule has 0 radical (unpaired) electrons. The van der Waals surface area contributed by atoms with Gasteiger partial charge in [0.25, 0.3) is 5.91 Å². The first-order chi connectivity index (χ1) is 15.9. The Morgan fingerprint density at radius 2 is 1.73 bits per heavy atom. The zero-order valence-electron chi connectivity index (χ0n) is 18.7. The lowest BCUT2D eigenvalue weighted by atomic mass is 9.73. The van der Waals surface area contributed by atoms with Crippen LogP contribution in [0, 0.1) is 0 Å². The summed E-state index contributed by atoms with van der Waals surface area (Å²) in [4.78, 5) is 52.7. The SMILES string of the molecule is O=C1CCC(N2CCC3(CC2)COc2c3ccc3c2CN([C@H]2CCC(=O)NC2=O)C3=O)CC1. The summed E-state index contributed by atoms with van der Waals surface area (Å²) < 4.78 is 6.26. The number of nitrogens with one attached hydrogen (secondary N) is 1. The molecule has 8 heteroatoms. The van der Waals surface area contributed by atoms with Gasteiger partial charge in [-0.25, -0.2) is 0 Å². The fourth-order valence-electron chi connectivity index (χ4n) is 6.50. The topological polar surface area (TPSA) is 96.0 Å². The number of carbonyl (C=O) groups is 4. The van der Waals surface area contributed by atoms with Gasteiger partial charge in [-0.15, -0.1) is 0 Å². The summed E-state index contributed by atoms with van der Waals surface area (Å²) in [6.45, 7) is 2.98. The second kappa shape index (κ2) is 7.65. The van der Waals surface area contributed by atoms with E-state index in [-0.39, 0.29) is 23.7 Å². The maximum absolute atomic E-state index is 13.1. The smallest absolute Gasteiger partial charge is 0.255 e. The Hall–Kier alpha value is -2.74. The van der Waals surface area contributed by atoms with Crippen molar-refractivity contribution in [3.63, 3.8) is 0 Å². The Labute approximate surface area is 192 Å². The number of hydrogen-bond donors (Lipinski definition) is 1. The van der Waals surface area contributed by atoms with Crippen LogP contribution >= 0.6 is 0 Å². The Bertz CT molecular complexity index is 1050. The number of ether oxygens (including phenoxy) is 1. The molecule has 1 atom stereocenters. The number of Topliss-reactive ketones (excluding diaryl/α,β-unsaturated/α-hetero) is 1. The average Bonchev–Trinajstić information content (AvgIpc) is 3.33. The van der Waals surface area contributed by atoms with Crippen molar-refractivity contribution in [2.24, 2.45) is 0 Å². The normalized spacial score (nSPS) is 27.5. The summed E-state index contributed by atoms with van der Waals surface area (Å²) in [5.41, 5.74) is 2.65. The molecule has 0 unspecified atom stereocenters. The molecule has 33 heavy (non-hydrogen) atoms. The van der Waals surface area contributed by atoms with E-state index < -0.39 is 11.9 Å². The van der Waals surface area contributed by atoms with E-state index in [4.69, 9.17) is 4.74 Å². The number of hydrogen-bond acceptors (Lipinski definition) is 6. The van der Waals surface area contributed by atoms with Gasteiger partial charge in [-0.1, -0.05) is 6.07 Å². The van der Waals surface area contributed by atoms with Gasteiger partial charge in [0, 0.05) is 47.4 Å². The fourth-order valence-corrected chi connectivity index (χ4v) is 6.50. The van der Waals surface area contributed by atoms with E-state index in [0.717, 1.165) is 50.1 Å². The number of nitrogens with zero attached hydrogens (tertiary/aromatic N) is 2. The first-order valence-corrected chi connectivity index (χ1v) is 12.1. The molecule has 1 spiro atoms. The van der Waals surface area contributed by atoms with E-state index in [1.807, 2.05) is 6.07 Å². The molecule has 8 nitrogen and oxygen atoms in total. The molecular weight excluding hydrogens is 422 g/mol. The van der Waals surface area contributed by atoms with E-state index in [0.29, 0.717) is 49.8 Å². The monoisotopic (exact) mass is 451 g/mol. The third-order valence-corrected chi connectivity index (χ3v) is 8.52. The number of amides is 3. The van der Waals surface area contributed by atoms with Crippen molar-refractivity contribution >= 4 is 23.5 Å². The average molecular weight is 452 g/mol. The van der Waals surface area contributed by atoms with Crippen molar-refractivity contribution < 1.29 is 23.9 Å². The zero-order valence-corrected chi connectivity index (χ0v) is 18.7. The summed E-state index contributed by atoms with van der Waals surface area (Å²) in [6, 6.07) is 3.86. The van der Waals surface area contributed by atoms with Crippen LogP contribution in [0.15, 0.2) is 12.1 Å². The number of carbonyl (C=O) groups excluding carboxylic acids is 4. The number of benzene rings is 1. The minimum atomic E-state index is -0.612. The molecule has 6 rings (SSSR count). The fraction of sp³-hybridized carbons (Fsp3) is 0.600. The van der Waals surface area contributed by atoms with Crippen LogP contribution in [0.25, 0.3) is 0 Å². The molecule has 174 valence electrons. The van der Waals surface area contributed by atoms with Gasteiger partial charge in [0.1, 0.15) is 17.6 Å². The van der Waals surface area contributed by atoms with E-state index in [2.05, 4.69) is 16.3 Å². The highest BCUT2D eigenvalue weighted by Gasteiger charge is 2.48. The number of imide groups is 1. The van der Waals surface area contributed by atoms with Crippen LogP contribution in [0.4, 0.5) is 0 Å². The second-order valence-corrected chi connectivity index (χ2v) is 10.2. The first kappa shape index (κ1) is 20.8. The van der Waals surface area contributed by atoms with Crippen molar-refractivity contribution in [3.05, 3.63) is 28.8 Å². The van der Waals surface area contributed by atoms with E-state index in [1.54, 1.807) is 4.90 Å². The maximum atomic E-state index is 13.1. The Balaban J connectivity index is 1.20. The summed E-state index contributed by atoms with van der Waals surface area (Å²) in [6.07, 6.45) is 6.00. The summed E-state index contributed by atoms with van der Waals surface area (Å²) in [5.74, 6) is 0.393. The van der Waals surface area contributed by atoms with Crippen LogP contribution in [-0.4, -0.2) is 65.1 Å². The van der Waals surface area contributed by atoms with E-state index in [1.165, 1.54) is 5.56 Å². The van der Waals surface area contributed by atoms with Crippen LogP contribution in [-0.2, 0) is 26.3 Å². The lowest BCUT2D eigenvalue weighted by Crippen LogP contribution is -2.52. The standard InChI is InChI=1S/C25H29N3O5/c29-16-3-1-15(2-4-16)27-11-9-25(10-12-27)14-33-22-18-13-28(20-7-8-21(30)26-23(20)31)24(32)17(18)5-6-19(22)25/h5-6,15,20H,1-4,7-14H2,(H,26,30,31)/t20-/m0/s1. The minimum absolute atomic E-state index is 0.0313. The van der Waals surface area contributed by atoms with Gasteiger partial charge in [0.05, 0.1) is 13.2 Å². The largest absolute Gasteiger partial charge is 0.492 e. The molecule has 0 bridgehead atoms. The number of likely N-dealkylation sites (tertiary alicyclic amines) is 1. The lowest BCUT2D eigenvalue weighted by Gasteiger charge is -2.43. The third-order valence-electron chi connectivity index (χ3n) is 8.52. The summed E-state index contributed by atoms with van der Waals surface area (Å²) >= 11 is 0. The Morgan fingerprint density at radius 1 is 0.970 bits per heavy atom. The van der Waals surface area contributed by atoms with Gasteiger partial charge >= 0.3 is 0 Å². The lowest BCUT2D eigenvalue weighted by molar-refractivity contribution is -0.137. The van der Waals surface area contributed by atoms with Crippen LogP contribution in [0.5, 0.6) is 5.75 Å². The minimum Gasteiger partial charge on any atom is -0.492 e. The molecule has 4 heterocycles. The van der Waals surface area contributed by atoms with Gasteiger partial charge < -0.3 is 14.5 Å². The highest BCUT2D eigenvalue weighted by atomic mass is 16.5. The Morgan fingerprint density at radius 3 is 2.45 bits per heavy atom. The summed E-state index contributed by atoms with van der Waals surface area (Å²) in [5, 5.41) is 2.36. The molecule has 5 aliphatic rings. The van der Waals surface area contributed by atoms with Crippen molar-refractivity contribution in [1.29, 1.82) is 0 Å². The van der Waals surface area contributed by atoms with Gasteiger partial charge in [-0.05, 0) is 51.3 Å². The van der Waals surface area contributed by atoms with Gasteiger partial charge in [0.15, 0.2) is 0 Å². The molecule has 2 saturated heterocycles. The maximum Gasteiger partial charge on any atom is 0.255 e. The molecule has 0 aromatic heterocycles.